The van der Waals surface area contributed by atoms with Crippen LogP contribution in [0.15, 0.2) is 103 Å². The van der Waals surface area contributed by atoms with Crippen LogP contribution < -0.4 is 0 Å². The number of nitrogens with zero attached hydrogens (tertiary/aromatic N) is 3. The second-order valence-electron chi connectivity index (χ2n) is 15.4. The molecule has 0 bridgehead atoms. The summed E-state index contributed by atoms with van der Waals surface area (Å²) >= 11 is 0. The Bertz CT molecular complexity index is 1960. The minimum absolute atomic E-state index is 0.0840. The zero-order valence-corrected chi connectivity index (χ0v) is 30.2. The van der Waals surface area contributed by atoms with Crippen molar-refractivity contribution in [1.29, 1.82) is 0 Å². The largest absolute Gasteiger partial charge is 0.208 e. The van der Waals surface area contributed by atoms with Gasteiger partial charge in [-0.25, -0.2) is 15.0 Å². The van der Waals surface area contributed by atoms with Gasteiger partial charge in [0.1, 0.15) is 0 Å². The van der Waals surface area contributed by atoms with E-state index in [9.17, 15) is 0 Å². The van der Waals surface area contributed by atoms with Crippen molar-refractivity contribution >= 4 is 0 Å². The number of benzene rings is 5. The van der Waals surface area contributed by atoms with Crippen molar-refractivity contribution in [2.75, 3.05) is 0 Å². The lowest BCUT2D eigenvalue weighted by Crippen LogP contribution is -2.10. The van der Waals surface area contributed by atoms with Crippen molar-refractivity contribution in [3.8, 4) is 56.4 Å². The Labute approximate surface area is 287 Å². The van der Waals surface area contributed by atoms with E-state index in [4.69, 9.17) is 15.0 Å². The van der Waals surface area contributed by atoms with Crippen molar-refractivity contribution in [1.82, 2.24) is 15.0 Å². The Morgan fingerprint density at radius 2 is 0.625 bits per heavy atom. The zero-order chi connectivity index (χ0) is 34.4. The fourth-order valence-electron chi connectivity index (χ4n) is 5.94. The van der Waals surface area contributed by atoms with Crippen LogP contribution in [-0.2, 0) is 10.8 Å². The van der Waals surface area contributed by atoms with Crippen LogP contribution in [0.25, 0.3) is 56.4 Å². The number of aromatic nitrogens is 3. The molecule has 0 radical (unpaired) electrons. The smallest absolute Gasteiger partial charge is 0.164 e. The summed E-state index contributed by atoms with van der Waals surface area (Å²) in [6.07, 6.45) is 0. The number of aryl methyl sites for hydroxylation is 4. The van der Waals surface area contributed by atoms with Crippen LogP contribution in [0.3, 0.4) is 0 Å². The second kappa shape index (κ2) is 12.6. The molecule has 48 heavy (non-hydrogen) atoms. The fourth-order valence-corrected chi connectivity index (χ4v) is 5.94. The van der Waals surface area contributed by atoms with Gasteiger partial charge in [-0.05, 0) is 124 Å². The first-order valence-corrected chi connectivity index (χ1v) is 16.9. The highest BCUT2D eigenvalue weighted by molar-refractivity contribution is 5.80. The molecule has 242 valence electrons. The maximum Gasteiger partial charge on any atom is 0.164 e. The molecule has 0 N–H and O–H groups in total. The van der Waals surface area contributed by atoms with Gasteiger partial charge in [0.2, 0.25) is 0 Å². The van der Waals surface area contributed by atoms with Gasteiger partial charge in [-0.1, -0.05) is 114 Å². The highest BCUT2D eigenvalue weighted by Gasteiger charge is 2.18. The van der Waals surface area contributed by atoms with Crippen LogP contribution in [0.2, 0.25) is 0 Å². The molecule has 1 heterocycles. The number of hydrogen-bond acceptors (Lipinski definition) is 3. The third-order valence-corrected chi connectivity index (χ3v) is 9.53. The van der Waals surface area contributed by atoms with E-state index in [-0.39, 0.29) is 10.8 Å². The third-order valence-electron chi connectivity index (χ3n) is 9.53. The van der Waals surface area contributed by atoms with Crippen LogP contribution in [0.1, 0.15) is 74.9 Å². The molecular weight excluding hydrogens is 583 g/mol. The average Bonchev–Trinajstić information content (AvgIpc) is 3.06. The maximum absolute atomic E-state index is 5.15. The summed E-state index contributed by atoms with van der Waals surface area (Å²) in [5.74, 6) is 2.01. The minimum atomic E-state index is 0.0840. The molecule has 3 nitrogen and oxygen atoms in total. The molecule has 0 fully saturated rings. The van der Waals surface area contributed by atoms with Gasteiger partial charge in [0, 0.05) is 16.7 Å². The van der Waals surface area contributed by atoms with Crippen molar-refractivity contribution < 1.29 is 0 Å². The molecule has 0 aliphatic carbocycles. The van der Waals surface area contributed by atoms with Gasteiger partial charge in [0.15, 0.2) is 17.5 Å². The predicted molar refractivity (Wildman–Crippen MR) is 203 cm³/mol. The molecular formula is C45H47N3. The summed E-state index contributed by atoms with van der Waals surface area (Å²) in [5.41, 5.74) is 15.2. The van der Waals surface area contributed by atoms with Crippen molar-refractivity contribution in [2.45, 2.75) is 80.1 Å². The summed E-state index contributed by atoms with van der Waals surface area (Å²) in [5, 5.41) is 0. The van der Waals surface area contributed by atoms with Crippen LogP contribution >= 0.6 is 0 Å². The number of hydrogen-bond donors (Lipinski definition) is 0. The molecule has 6 rings (SSSR count). The molecule has 0 saturated heterocycles. The molecule has 0 spiro atoms. The molecule has 0 amide bonds. The summed E-state index contributed by atoms with van der Waals surface area (Å²) in [7, 11) is 0. The Kier molecular flexibility index (Phi) is 8.68. The molecule has 0 atom stereocenters. The lowest BCUT2D eigenvalue weighted by molar-refractivity contribution is 0.590. The Morgan fingerprint density at radius 1 is 0.312 bits per heavy atom. The minimum Gasteiger partial charge on any atom is -0.208 e. The Balaban J connectivity index is 1.57. The van der Waals surface area contributed by atoms with E-state index >= 15 is 0 Å². The highest BCUT2D eigenvalue weighted by atomic mass is 15.0. The van der Waals surface area contributed by atoms with Gasteiger partial charge in [0.25, 0.3) is 0 Å². The first-order valence-electron chi connectivity index (χ1n) is 16.9. The van der Waals surface area contributed by atoms with Gasteiger partial charge in [0.05, 0.1) is 0 Å². The highest BCUT2D eigenvalue weighted by Crippen LogP contribution is 2.35. The average molecular weight is 630 g/mol. The third kappa shape index (κ3) is 7.01. The monoisotopic (exact) mass is 629 g/mol. The number of rotatable bonds is 5. The quantitative estimate of drug-likeness (QED) is 0.190. The first-order chi connectivity index (χ1) is 22.7. The molecule has 0 saturated carbocycles. The van der Waals surface area contributed by atoms with E-state index in [1.807, 2.05) is 0 Å². The molecule has 0 aliphatic heterocycles. The van der Waals surface area contributed by atoms with Gasteiger partial charge in [-0.15, -0.1) is 0 Å². The first kappa shape index (κ1) is 33.0. The SMILES string of the molecule is Cc1ccc(-c2nc(-c3cc(-c4ccc(C(C)(C)C)cc4)cc(-c4ccc(C(C)(C)C)cc4)c3)nc(-c3ccc(C)c(C)c3)n2)cc1C. The van der Waals surface area contributed by atoms with E-state index < -0.39 is 0 Å². The van der Waals surface area contributed by atoms with Crippen LogP contribution in [0.4, 0.5) is 0 Å². The van der Waals surface area contributed by atoms with E-state index in [1.54, 1.807) is 0 Å². The second-order valence-corrected chi connectivity index (χ2v) is 15.4. The van der Waals surface area contributed by atoms with E-state index in [0.717, 1.165) is 38.9 Å². The van der Waals surface area contributed by atoms with Crippen molar-refractivity contribution in [3.63, 3.8) is 0 Å². The van der Waals surface area contributed by atoms with Gasteiger partial charge < -0.3 is 0 Å². The fraction of sp³-hybridized carbons (Fsp3) is 0.267. The molecule has 0 aliphatic rings. The van der Waals surface area contributed by atoms with Crippen LogP contribution in [0, 0.1) is 27.7 Å². The lowest BCUT2D eigenvalue weighted by Gasteiger charge is -2.20. The van der Waals surface area contributed by atoms with Crippen LogP contribution in [-0.4, -0.2) is 15.0 Å². The normalized spacial score (nSPS) is 12.0. The lowest BCUT2D eigenvalue weighted by atomic mass is 9.85. The summed E-state index contributed by atoms with van der Waals surface area (Å²) in [6, 6.07) is 37.5. The van der Waals surface area contributed by atoms with Crippen molar-refractivity contribution in [3.05, 3.63) is 137 Å². The maximum atomic E-state index is 5.15. The summed E-state index contributed by atoms with van der Waals surface area (Å²) in [4.78, 5) is 15.3. The molecule has 0 unspecified atom stereocenters. The molecule has 6 aromatic rings. The topological polar surface area (TPSA) is 38.7 Å². The van der Waals surface area contributed by atoms with E-state index in [1.165, 1.54) is 33.4 Å². The predicted octanol–water partition coefficient (Wildman–Crippen LogP) is 12.0. The molecule has 5 aromatic carbocycles. The van der Waals surface area contributed by atoms with E-state index in [2.05, 4.69) is 172 Å². The van der Waals surface area contributed by atoms with Crippen molar-refractivity contribution in [2.24, 2.45) is 0 Å². The zero-order valence-electron chi connectivity index (χ0n) is 30.2. The van der Waals surface area contributed by atoms with E-state index in [0.29, 0.717) is 17.5 Å². The van der Waals surface area contributed by atoms with Gasteiger partial charge in [-0.3, -0.25) is 0 Å². The molecule has 3 heteroatoms. The summed E-state index contributed by atoms with van der Waals surface area (Å²) in [6.45, 7) is 22.1. The summed E-state index contributed by atoms with van der Waals surface area (Å²) < 4.78 is 0. The molecule has 1 aromatic heterocycles. The van der Waals surface area contributed by atoms with Gasteiger partial charge in [-0.2, -0.15) is 0 Å². The Morgan fingerprint density at radius 3 is 0.958 bits per heavy atom. The van der Waals surface area contributed by atoms with Gasteiger partial charge >= 0.3 is 0 Å². The van der Waals surface area contributed by atoms with Crippen LogP contribution in [0.5, 0.6) is 0 Å². The Hall–Kier alpha value is -4.89. The standard InChI is InChI=1S/C45H47N3/c1-28-11-13-34(23-30(28)3)41-46-42(35-14-12-29(2)31(4)24-35)48-43(47-41)38-26-36(32-15-19-39(20-16-32)44(5,6)7)25-37(27-38)33-17-21-40(22-18-33)45(8,9)10/h11-27H,1-10H3.